The molecule has 7 aromatic carbocycles. The largest absolute Gasteiger partial charge is 0.338 e. The lowest BCUT2D eigenvalue weighted by Gasteiger charge is -2.09. The normalized spacial score (nSPS) is 11.4. The first kappa shape index (κ1) is 29.2. The molecule has 9 rings (SSSR count). The van der Waals surface area contributed by atoms with E-state index >= 15 is 0 Å². The zero-order valence-corrected chi connectivity index (χ0v) is 26.9. The van der Waals surface area contributed by atoms with E-state index in [1.54, 1.807) is 18.3 Å². The van der Waals surface area contributed by atoms with Crippen LogP contribution in [0.5, 0.6) is 0 Å². The van der Waals surface area contributed by atoms with Crippen molar-refractivity contribution in [3.63, 3.8) is 0 Å². The van der Waals surface area contributed by atoms with Crippen LogP contribution in [0, 0.1) is 0 Å². The van der Waals surface area contributed by atoms with Gasteiger partial charge in [-0.1, -0.05) is 115 Å². The smallest absolute Gasteiger partial charge is 0.260 e. The summed E-state index contributed by atoms with van der Waals surface area (Å²) in [7, 11) is 0. The van der Waals surface area contributed by atoms with Gasteiger partial charge >= 0.3 is 11.4 Å². The maximum absolute atomic E-state index is 14.5. The predicted molar refractivity (Wildman–Crippen MR) is 202 cm³/mol. The zero-order chi connectivity index (χ0) is 33.6. The molecule has 0 amide bonds. The Morgan fingerprint density at radius 2 is 0.540 bits per heavy atom. The summed E-state index contributed by atoms with van der Waals surface area (Å²) in [6, 6.07) is 59.6. The predicted octanol–water partition coefficient (Wildman–Crippen LogP) is 9.21. The van der Waals surface area contributed by atoms with Gasteiger partial charge in [0.15, 0.2) is 0 Å². The van der Waals surface area contributed by atoms with Gasteiger partial charge in [-0.2, -0.15) is 0 Å². The molecule has 0 aliphatic heterocycles. The van der Waals surface area contributed by atoms with Crippen molar-refractivity contribution in [2.75, 3.05) is 0 Å². The first-order chi connectivity index (χ1) is 24.7. The van der Waals surface area contributed by atoms with Gasteiger partial charge in [-0.05, 0) is 89.0 Å². The van der Waals surface area contributed by atoms with Crippen molar-refractivity contribution in [2.45, 2.75) is 0 Å². The van der Waals surface area contributed by atoms with Gasteiger partial charge in [-0.25, -0.2) is 9.59 Å². The lowest BCUT2D eigenvalue weighted by atomic mass is 10.1. The highest BCUT2D eigenvalue weighted by Gasteiger charge is 2.19. The number of aromatic nitrogens is 4. The van der Waals surface area contributed by atoms with Crippen molar-refractivity contribution in [3.8, 4) is 45.0 Å². The Morgan fingerprint density at radius 3 is 0.900 bits per heavy atom. The van der Waals surface area contributed by atoms with Crippen LogP contribution in [0.25, 0.3) is 67.1 Å². The van der Waals surface area contributed by atoms with E-state index in [0.29, 0.717) is 11.4 Å². The number of hydrogen-bond donors (Lipinski definition) is 0. The highest BCUT2D eigenvalue weighted by molar-refractivity contribution is 5.83. The summed E-state index contributed by atoms with van der Waals surface area (Å²) in [6.07, 6.45) is 0. The molecule has 0 aliphatic rings. The minimum absolute atomic E-state index is 0.193. The van der Waals surface area contributed by atoms with Crippen LogP contribution < -0.4 is 11.4 Å². The van der Waals surface area contributed by atoms with Crippen LogP contribution in [0.1, 0.15) is 0 Å². The van der Waals surface area contributed by atoms with Crippen LogP contribution in [-0.4, -0.2) is 18.3 Å². The van der Waals surface area contributed by atoms with Crippen molar-refractivity contribution in [1.29, 1.82) is 0 Å². The molecule has 0 spiro atoms. The number of hydrogen-bond acceptors (Lipinski definition) is 2. The van der Waals surface area contributed by atoms with Gasteiger partial charge in [-0.15, -0.1) is 0 Å². The molecule has 0 fully saturated rings. The van der Waals surface area contributed by atoms with Gasteiger partial charge in [0.05, 0.1) is 44.8 Å². The van der Waals surface area contributed by atoms with Crippen LogP contribution in [0.4, 0.5) is 0 Å². The lowest BCUT2D eigenvalue weighted by Crippen LogP contribution is -2.23. The molecule has 0 atom stereocenters. The summed E-state index contributed by atoms with van der Waals surface area (Å²) in [4.78, 5) is 28.9. The molecule has 6 heteroatoms. The fourth-order valence-corrected chi connectivity index (χ4v) is 6.98. The molecule has 0 N–H and O–H groups in total. The van der Waals surface area contributed by atoms with Crippen LogP contribution in [-0.2, 0) is 0 Å². The molecule has 0 aliphatic carbocycles. The van der Waals surface area contributed by atoms with Gasteiger partial charge in [0, 0.05) is 0 Å². The number of nitrogens with zero attached hydrogens (tertiary/aromatic N) is 4. The molecule has 9 aromatic rings. The third-order valence-electron chi connectivity index (χ3n) is 9.26. The molecule has 0 bridgehead atoms. The quantitative estimate of drug-likeness (QED) is 0.181. The second-order valence-corrected chi connectivity index (χ2v) is 12.2. The monoisotopic (exact) mass is 646 g/mol. The Labute approximate surface area is 287 Å². The highest BCUT2D eigenvalue weighted by atomic mass is 16.2. The third-order valence-corrected chi connectivity index (χ3v) is 9.26. The molecule has 238 valence electrons. The summed E-state index contributed by atoms with van der Waals surface area (Å²) >= 11 is 0. The number of fused-ring (bicyclic) bond motifs is 2. The maximum Gasteiger partial charge on any atom is 0.338 e. The Bertz CT molecular complexity index is 2610. The van der Waals surface area contributed by atoms with Crippen molar-refractivity contribution < 1.29 is 0 Å². The van der Waals surface area contributed by atoms with Gasteiger partial charge in [0.1, 0.15) is 0 Å². The Hall–Kier alpha value is -6.92. The number of rotatable bonds is 6. The molecule has 2 aromatic heterocycles. The van der Waals surface area contributed by atoms with Gasteiger partial charge in [-0.3, -0.25) is 18.3 Å². The molecular weight excluding hydrogens is 617 g/mol. The van der Waals surface area contributed by atoms with E-state index in [1.807, 2.05) is 146 Å². The number of benzene rings is 7. The first-order valence-electron chi connectivity index (χ1n) is 16.5. The molecule has 0 saturated carbocycles. The Balaban J connectivity index is 1.20. The topological polar surface area (TPSA) is 53.9 Å². The van der Waals surface area contributed by atoms with Gasteiger partial charge in [0.2, 0.25) is 0 Å². The SMILES string of the molecule is O=c1n(-c2cccc(-c3ccccc3)c2)c2ccccc2n1-c1cccc(-n2c(=O)n(-c3cccc(-c4ccccc4)c3)c3ccccc32)c1. The van der Waals surface area contributed by atoms with E-state index in [2.05, 4.69) is 36.4 Å². The molecule has 0 radical (unpaired) electrons. The molecule has 2 heterocycles. The fraction of sp³-hybridized carbons (Fsp3) is 0. The van der Waals surface area contributed by atoms with Crippen molar-refractivity contribution in [3.05, 3.63) is 203 Å². The second kappa shape index (κ2) is 12.0. The van der Waals surface area contributed by atoms with Crippen molar-refractivity contribution >= 4 is 22.1 Å². The fourth-order valence-electron chi connectivity index (χ4n) is 6.98. The van der Waals surface area contributed by atoms with E-state index in [1.165, 1.54) is 0 Å². The van der Waals surface area contributed by atoms with E-state index in [-0.39, 0.29) is 11.4 Å². The highest BCUT2D eigenvalue weighted by Crippen LogP contribution is 2.28. The molecular formula is C44H30N4O2. The summed E-state index contributed by atoms with van der Waals surface area (Å²) in [5, 5.41) is 0. The second-order valence-electron chi connectivity index (χ2n) is 12.2. The summed E-state index contributed by atoms with van der Waals surface area (Å²) in [6.45, 7) is 0. The lowest BCUT2D eigenvalue weighted by molar-refractivity contribution is 0.914. The molecule has 6 nitrogen and oxygen atoms in total. The van der Waals surface area contributed by atoms with Gasteiger partial charge < -0.3 is 0 Å². The summed E-state index contributed by atoms with van der Waals surface area (Å²) in [5.41, 5.74) is 9.83. The van der Waals surface area contributed by atoms with E-state index in [9.17, 15) is 9.59 Å². The first-order valence-corrected chi connectivity index (χ1v) is 16.5. The third kappa shape index (κ3) is 4.81. The minimum Gasteiger partial charge on any atom is -0.260 e. The Morgan fingerprint density at radius 1 is 0.260 bits per heavy atom. The van der Waals surface area contributed by atoms with Crippen LogP contribution in [0.3, 0.4) is 0 Å². The molecule has 0 saturated heterocycles. The zero-order valence-electron chi connectivity index (χ0n) is 26.9. The van der Waals surface area contributed by atoms with Crippen LogP contribution >= 0.6 is 0 Å². The number of para-hydroxylation sites is 4. The average Bonchev–Trinajstić information content (AvgIpc) is 3.65. The van der Waals surface area contributed by atoms with Crippen LogP contribution in [0.2, 0.25) is 0 Å². The van der Waals surface area contributed by atoms with Crippen molar-refractivity contribution in [1.82, 2.24) is 18.3 Å². The maximum atomic E-state index is 14.5. The van der Waals surface area contributed by atoms with Crippen molar-refractivity contribution in [2.24, 2.45) is 0 Å². The molecule has 50 heavy (non-hydrogen) atoms. The van der Waals surface area contributed by atoms with Crippen LogP contribution in [0.15, 0.2) is 192 Å². The van der Waals surface area contributed by atoms with E-state index in [4.69, 9.17) is 0 Å². The van der Waals surface area contributed by atoms with Gasteiger partial charge in [0.25, 0.3) is 0 Å². The van der Waals surface area contributed by atoms with E-state index < -0.39 is 0 Å². The Kier molecular flexibility index (Phi) is 6.99. The summed E-state index contributed by atoms with van der Waals surface area (Å²) < 4.78 is 6.96. The standard InChI is InChI=1S/C44H30N4O2/c49-43-45(35-20-11-18-33(28-35)31-14-3-1-4-15-31)39-24-7-9-26-41(39)47(43)37-22-13-23-38(30-37)48-42-27-10-8-25-40(42)46(44(48)50)36-21-12-19-34(29-36)32-16-5-2-6-17-32/h1-30H. The average molecular weight is 647 g/mol. The summed E-state index contributed by atoms with van der Waals surface area (Å²) in [5.74, 6) is 0. The minimum atomic E-state index is -0.193. The molecule has 0 unspecified atom stereocenters. The van der Waals surface area contributed by atoms with E-state index in [0.717, 1.165) is 55.7 Å². The number of imidazole rings is 2.